The van der Waals surface area contributed by atoms with Crippen LogP contribution in [0.5, 0.6) is 0 Å². The molecule has 0 aliphatic carbocycles. The third-order valence-corrected chi connectivity index (χ3v) is 4.43. The number of ether oxygens (including phenoxy) is 1. The highest BCUT2D eigenvalue weighted by molar-refractivity contribution is 5.83. The Labute approximate surface area is 128 Å². The maximum Gasteiger partial charge on any atom is 0.316 e. The molecule has 3 nitrogen and oxygen atoms in total. The van der Waals surface area contributed by atoms with Gasteiger partial charge >= 0.3 is 5.97 Å². The zero-order valence-electron chi connectivity index (χ0n) is 13.7. The highest BCUT2D eigenvalue weighted by Crippen LogP contribution is 2.36. The number of hydrogen-bond acceptors (Lipinski definition) is 3. The van der Waals surface area contributed by atoms with E-state index < -0.39 is 5.41 Å². The van der Waals surface area contributed by atoms with Gasteiger partial charge in [0.05, 0.1) is 12.0 Å². The fourth-order valence-corrected chi connectivity index (χ4v) is 3.02. The SMILES string of the molecule is CCOC(=O)C1(c2ccc(C(C)(C)C)cc2)CCNCC1. The largest absolute Gasteiger partial charge is 0.465 e. The van der Waals surface area contributed by atoms with Crippen molar-refractivity contribution in [3.63, 3.8) is 0 Å². The minimum absolute atomic E-state index is 0.0741. The van der Waals surface area contributed by atoms with E-state index in [1.165, 1.54) is 5.56 Å². The van der Waals surface area contributed by atoms with Crippen molar-refractivity contribution in [1.29, 1.82) is 0 Å². The van der Waals surface area contributed by atoms with Crippen LogP contribution in [0.4, 0.5) is 0 Å². The van der Waals surface area contributed by atoms with Crippen molar-refractivity contribution in [2.24, 2.45) is 0 Å². The number of nitrogens with one attached hydrogen (secondary N) is 1. The highest BCUT2D eigenvalue weighted by atomic mass is 16.5. The standard InChI is InChI=1S/C18H27NO2/c1-5-21-16(20)18(10-12-19-13-11-18)15-8-6-14(7-9-15)17(2,3)4/h6-9,19H,5,10-13H2,1-4H3. The van der Waals surface area contributed by atoms with E-state index in [1.807, 2.05) is 6.92 Å². The van der Waals surface area contributed by atoms with Gasteiger partial charge in [0.1, 0.15) is 0 Å². The van der Waals surface area contributed by atoms with Crippen LogP contribution in [-0.4, -0.2) is 25.7 Å². The molecule has 1 saturated heterocycles. The van der Waals surface area contributed by atoms with E-state index in [0.717, 1.165) is 31.5 Å². The Morgan fingerprint density at radius 3 is 2.24 bits per heavy atom. The van der Waals surface area contributed by atoms with Crippen LogP contribution < -0.4 is 5.32 Å². The Balaban J connectivity index is 2.35. The van der Waals surface area contributed by atoms with Gasteiger partial charge in [-0.3, -0.25) is 4.79 Å². The lowest BCUT2D eigenvalue weighted by Crippen LogP contribution is -2.46. The zero-order valence-corrected chi connectivity index (χ0v) is 13.7. The van der Waals surface area contributed by atoms with Gasteiger partial charge in [-0.2, -0.15) is 0 Å². The van der Waals surface area contributed by atoms with Crippen molar-refractivity contribution in [3.8, 4) is 0 Å². The first-order valence-electron chi connectivity index (χ1n) is 7.89. The number of carbonyl (C=O) groups is 1. The molecular weight excluding hydrogens is 262 g/mol. The van der Waals surface area contributed by atoms with Crippen molar-refractivity contribution >= 4 is 5.97 Å². The van der Waals surface area contributed by atoms with Crippen LogP contribution in [0, 0.1) is 0 Å². The Morgan fingerprint density at radius 2 is 1.76 bits per heavy atom. The molecule has 0 amide bonds. The molecule has 0 aromatic heterocycles. The molecule has 0 atom stereocenters. The molecule has 1 aliphatic heterocycles. The highest BCUT2D eigenvalue weighted by Gasteiger charge is 2.42. The predicted molar refractivity (Wildman–Crippen MR) is 85.6 cm³/mol. The van der Waals surface area contributed by atoms with Gasteiger partial charge in [0.25, 0.3) is 0 Å². The maximum absolute atomic E-state index is 12.6. The van der Waals surface area contributed by atoms with E-state index in [-0.39, 0.29) is 11.4 Å². The van der Waals surface area contributed by atoms with Crippen molar-refractivity contribution in [2.45, 2.75) is 51.4 Å². The average Bonchev–Trinajstić information content (AvgIpc) is 2.47. The average molecular weight is 289 g/mol. The minimum Gasteiger partial charge on any atom is -0.465 e. The fourth-order valence-electron chi connectivity index (χ4n) is 3.02. The van der Waals surface area contributed by atoms with E-state index in [1.54, 1.807) is 0 Å². The molecule has 0 bridgehead atoms. The molecule has 1 aliphatic rings. The topological polar surface area (TPSA) is 38.3 Å². The van der Waals surface area contributed by atoms with Crippen LogP contribution in [0.1, 0.15) is 51.7 Å². The third kappa shape index (κ3) is 3.29. The molecule has 0 radical (unpaired) electrons. The van der Waals surface area contributed by atoms with E-state index in [2.05, 4.69) is 50.4 Å². The van der Waals surface area contributed by atoms with Crippen LogP contribution in [0.15, 0.2) is 24.3 Å². The molecule has 0 unspecified atom stereocenters. The van der Waals surface area contributed by atoms with Crippen LogP contribution >= 0.6 is 0 Å². The van der Waals surface area contributed by atoms with Gasteiger partial charge in [-0.05, 0) is 49.4 Å². The number of benzene rings is 1. The number of hydrogen-bond donors (Lipinski definition) is 1. The molecule has 116 valence electrons. The van der Waals surface area contributed by atoms with E-state index in [9.17, 15) is 4.79 Å². The summed E-state index contributed by atoms with van der Waals surface area (Å²) in [4.78, 5) is 12.6. The summed E-state index contributed by atoms with van der Waals surface area (Å²) in [5, 5.41) is 3.33. The third-order valence-electron chi connectivity index (χ3n) is 4.43. The molecular formula is C18H27NO2. The second-order valence-electron chi connectivity index (χ2n) is 6.88. The molecule has 2 rings (SSSR count). The van der Waals surface area contributed by atoms with E-state index in [4.69, 9.17) is 4.74 Å². The lowest BCUT2D eigenvalue weighted by molar-refractivity contribution is -0.151. The summed E-state index contributed by atoms with van der Waals surface area (Å²) < 4.78 is 5.37. The molecule has 0 spiro atoms. The second kappa shape index (κ2) is 6.18. The van der Waals surface area contributed by atoms with Gasteiger partial charge in [-0.25, -0.2) is 0 Å². The summed E-state index contributed by atoms with van der Waals surface area (Å²) in [7, 11) is 0. The second-order valence-corrected chi connectivity index (χ2v) is 6.88. The predicted octanol–water partition coefficient (Wildman–Crippen LogP) is 3.17. The summed E-state index contributed by atoms with van der Waals surface area (Å²) in [5.74, 6) is -0.0741. The molecule has 1 N–H and O–H groups in total. The van der Waals surface area contributed by atoms with Crippen molar-refractivity contribution in [2.75, 3.05) is 19.7 Å². The number of esters is 1. The first kappa shape index (κ1) is 16.0. The summed E-state index contributed by atoms with van der Waals surface area (Å²) in [6.07, 6.45) is 1.61. The van der Waals surface area contributed by atoms with Crippen molar-refractivity contribution in [1.82, 2.24) is 5.32 Å². The molecule has 3 heteroatoms. The van der Waals surface area contributed by atoms with Crippen LogP contribution in [0.3, 0.4) is 0 Å². The summed E-state index contributed by atoms with van der Waals surface area (Å²) >= 11 is 0. The first-order valence-corrected chi connectivity index (χ1v) is 7.89. The van der Waals surface area contributed by atoms with Gasteiger partial charge in [-0.15, -0.1) is 0 Å². The van der Waals surface area contributed by atoms with Gasteiger partial charge in [-0.1, -0.05) is 45.0 Å². The summed E-state index contributed by atoms with van der Waals surface area (Å²) in [5.41, 5.74) is 2.04. The molecule has 1 fully saturated rings. The van der Waals surface area contributed by atoms with E-state index >= 15 is 0 Å². The fraction of sp³-hybridized carbons (Fsp3) is 0.611. The Morgan fingerprint density at radius 1 is 1.19 bits per heavy atom. The van der Waals surface area contributed by atoms with Crippen LogP contribution in [0.2, 0.25) is 0 Å². The summed E-state index contributed by atoms with van der Waals surface area (Å²) in [6.45, 7) is 10.6. The van der Waals surface area contributed by atoms with Crippen LogP contribution in [-0.2, 0) is 20.4 Å². The van der Waals surface area contributed by atoms with Crippen molar-refractivity contribution < 1.29 is 9.53 Å². The van der Waals surface area contributed by atoms with Gasteiger partial charge in [0.2, 0.25) is 0 Å². The Bertz CT molecular complexity index is 479. The molecule has 1 heterocycles. The maximum atomic E-state index is 12.6. The zero-order chi connectivity index (χ0) is 15.5. The Kier molecular flexibility index (Phi) is 4.72. The summed E-state index contributed by atoms with van der Waals surface area (Å²) in [6, 6.07) is 8.53. The van der Waals surface area contributed by atoms with E-state index in [0.29, 0.717) is 6.61 Å². The monoisotopic (exact) mass is 289 g/mol. The van der Waals surface area contributed by atoms with Gasteiger partial charge < -0.3 is 10.1 Å². The van der Waals surface area contributed by atoms with Gasteiger partial charge in [0, 0.05) is 0 Å². The van der Waals surface area contributed by atoms with Gasteiger partial charge in [0.15, 0.2) is 0 Å². The molecule has 1 aromatic carbocycles. The number of piperidine rings is 1. The normalized spacial score (nSPS) is 18.3. The Hall–Kier alpha value is -1.35. The first-order chi connectivity index (χ1) is 9.90. The minimum atomic E-state index is -0.475. The smallest absolute Gasteiger partial charge is 0.316 e. The molecule has 21 heavy (non-hydrogen) atoms. The lowest BCUT2D eigenvalue weighted by atomic mass is 9.72. The van der Waals surface area contributed by atoms with Crippen molar-refractivity contribution in [3.05, 3.63) is 35.4 Å². The lowest BCUT2D eigenvalue weighted by Gasteiger charge is -2.36. The van der Waals surface area contributed by atoms with Crippen LogP contribution in [0.25, 0.3) is 0 Å². The number of carbonyl (C=O) groups excluding carboxylic acids is 1. The number of rotatable bonds is 3. The molecule has 1 aromatic rings. The molecule has 0 saturated carbocycles. The quantitative estimate of drug-likeness (QED) is 0.869.